The largest absolute Gasteiger partial charge is 0.462 e. The summed E-state index contributed by atoms with van der Waals surface area (Å²) in [6, 6.07) is 0. The molecule has 0 aromatic rings. The molecule has 6 heteroatoms. The average Bonchev–Trinajstić information content (AvgIpc) is 3.18. The van der Waals surface area contributed by atoms with Crippen LogP contribution < -0.4 is 0 Å². The molecule has 0 aliphatic rings. The van der Waals surface area contributed by atoms with Crippen molar-refractivity contribution in [1.29, 1.82) is 0 Å². The van der Waals surface area contributed by atoms with Crippen molar-refractivity contribution >= 4 is 17.9 Å². The zero-order valence-electron chi connectivity index (χ0n) is 39.0. The highest BCUT2D eigenvalue weighted by atomic mass is 16.6. The first-order valence-corrected chi connectivity index (χ1v) is 25.2. The highest BCUT2D eigenvalue weighted by molar-refractivity contribution is 5.71. The van der Waals surface area contributed by atoms with Crippen LogP contribution in [0.15, 0.2) is 0 Å². The summed E-state index contributed by atoms with van der Waals surface area (Å²) in [5.74, 6) is 0.730. The molecule has 0 aliphatic heterocycles. The molecular weight excluding hydrogens is 709 g/mol. The zero-order chi connectivity index (χ0) is 41.9. The molecule has 338 valence electrons. The van der Waals surface area contributed by atoms with E-state index in [1.165, 1.54) is 167 Å². The molecule has 1 atom stereocenters. The predicted octanol–water partition coefficient (Wildman–Crippen LogP) is 16.1. The molecule has 0 bridgehead atoms. The molecule has 0 aromatic carbocycles. The number of rotatable bonds is 45. The number of carbonyl (C=O) groups is 3. The van der Waals surface area contributed by atoms with Crippen molar-refractivity contribution < 1.29 is 28.6 Å². The quantitative estimate of drug-likeness (QED) is 0.0346. The Hall–Kier alpha value is -1.59. The lowest BCUT2D eigenvalue weighted by Gasteiger charge is -2.18. The van der Waals surface area contributed by atoms with Crippen LogP contribution in [0.5, 0.6) is 0 Å². The maximum atomic E-state index is 12.7. The maximum absolute atomic E-state index is 12.7. The second kappa shape index (κ2) is 44.0. The van der Waals surface area contributed by atoms with Gasteiger partial charge in [0.15, 0.2) is 6.10 Å². The fraction of sp³-hybridized carbons (Fsp3) is 0.941. The Labute approximate surface area is 355 Å². The maximum Gasteiger partial charge on any atom is 0.306 e. The Bertz CT molecular complexity index is 870. The van der Waals surface area contributed by atoms with Gasteiger partial charge in [0.1, 0.15) is 13.2 Å². The summed E-state index contributed by atoms with van der Waals surface area (Å²) in [7, 11) is 0. The summed E-state index contributed by atoms with van der Waals surface area (Å²) < 4.78 is 16.8. The van der Waals surface area contributed by atoms with Gasteiger partial charge in [0.25, 0.3) is 0 Å². The molecule has 0 unspecified atom stereocenters. The van der Waals surface area contributed by atoms with Gasteiger partial charge < -0.3 is 14.2 Å². The molecule has 0 N–H and O–H groups in total. The third kappa shape index (κ3) is 45.3. The lowest BCUT2D eigenvalue weighted by atomic mass is 10.0. The molecule has 0 rings (SSSR count). The molecule has 0 aliphatic carbocycles. The Balaban J connectivity index is 4.25. The number of hydrogen-bond donors (Lipinski definition) is 0. The minimum absolute atomic E-state index is 0.0650. The summed E-state index contributed by atoms with van der Waals surface area (Å²) in [5, 5.41) is 0. The number of ether oxygens (including phenoxy) is 3. The molecule has 57 heavy (non-hydrogen) atoms. The van der Waals surface area contributed by atoms with Crippen LogP contribution in [0.1, 0.15) is 279 Å². The summed E-state index contributed by atoms with van der Waals surface area (Å²) in [5.41, 5.74) is 0. The second-order valence-electron chi connectivity index (χ2n) is 18.4. The first-order valence-electron chi connectivity index (χ1n) is 25.2. The van der Waals surface area contributed by atoms with Crippen LogP contribution in [0.25, 0.3) is 0 Å². The van der Waals surface area contributed by atoms with Crippen LogP contribution in [0.4, 0.5) is 0 Å². The smallest absolute Gasteiger partial charge is 0.306 e. The van der Waals surface area contributed by atoms with Crippen molar-refractivity contribution in [3.8, 4) is 0 Å². The molecular formula is C51H98O6. The van der Waals surface area contributed by atoms with Crippen LogP contribution in [-0.4, -0.2) is 37.2 Å². The Morgan fingerprint density at radius 1 is 0.333 bits per heavy atom. The number of unbranched alkanes of at least 4 members (excludes halogenated alkanes) is 30. The van der Waals surface area contributed by atoms with E-state index in [-0.39, 0.29) is 31.1 Å². The van der Waals surface area contributed by atoms with Crippen LogP contribution in [0, 0.1) is 11.8 Å². The van der Waals surface area contributed by atoms with Gasteiger partial charge in [-0.25, -0.2) is 0 Å². The number of hydrogen-bond acceptors (Lipinski definition) is 6. The molecule has 0 spiro atoms. The SMILES string of the molecule is CCCCCCCCCCCCCCCCCCC(=O)OC[C@@H](COC(=O)CCCCCCCCCCCCCC(C)C)OC(=O)CCCCCCCCC(C)C. The first kappa shape index (κ1) is 55.4. The van der Waals surface area contributed by atoms with E-state index in [1.54, 1.807) is 0 Å². The third-order valence-electron chi connectivity index (χ3n) is 11.5. The van der Waals surface area contributed by atoms with Crippen LogP contribution >= 0.6 is 0 Å². The molecule has 0 saturated carbocycles. The minimum atomic E-state index is -0.762. The van der Waals surface area contributed by atoms with Gasteiger partial charge in [-0.15, -0.1) is 0 Å². The summed E-state index contributed by atoms with van der Waals surface area (Å²) in [6.07, 6.45) is 43.9. The van der Waals surface area contributed by atoms with Gasteiger partial charge in [0.2, 0.25) is 0 Å². The Morgan fingerprint density at radius 3 is 0.860 bits per heavy atom. The molecule has 0 radical (unpaired) electrons. The van der Waals surface area contributed by atoms with E-state index in [0.717, 1.165) is 69.6 Å². The lowest BCUT2D eigenvalue weighted by Crippen LogP contribution is -2.30. The van der Waals surface area contributed by atoms with Crippen LogP contribution in [-0.2, 0) is 28.6 Å². The van der Waals surface area contributed by atoms with E-state index in [2.05, 4.69) is 34.6 Å². The van der Waals surface area contributed by atoms with Gasteiger partial charge in [-0.05, 0) is 31.1 Å². The topological polar surface area (TPSA) is 78.9 Å². The van der Waals surface area contributed by atoms with Crippen molar-refractivity contribution in [2.24, 2.45) is 11.8 Å². The monoisotopic (exact) mass is 807 g/mol. The highest BCUT2D eigenvalue weighted by Gasteiger charge is 2.19. The molecule has 0 amide bonds. The summed E-state index contributed by atoms with van der Waals surface area (Å²) in [6.45, 7) is 11.3. The van der Waals surface area contributed by atoms with Gasteiger partial charge in [-0.1, -0.05) is 240 Å². The predicted molar refractivity (Wildman–Crippen MR) is 243 cm³/mol. The van der Waals surface area contributed by atoms with Gasteiger partial charge in [-0.2, -0.15) is 0 Å². The summed E-state index contributed by atoms with van der Waals surface area (Å²) in [4.78, 5) is 37.8. The highest BCUT2D eigenvalue weighted by Crippen LogP contribution is 2.17. The standard InChI is InChI=1S/C51H98O6/c1-6-7-8-9-10-11-12-13-14-15-16-19-22-25-31-36-41-49(52)55-44-48(57-51(54)43-38-33-28-27-30-35-40-47(4)5)45-56-50(53)42-37-32-26-23-20-17-18-21-24-29-34-39-46(2)3/h46-48H,6-45H2,1-5H3/t48-/m0/s1. The van der Waals surface area contributed by atoms with Crippen molar-refractivity contribution in [1.82, 2.24) is 0 Å². The van der Waals surface area contributed by atoms with Crippen molar-refractivity contribution in [3.05, 3.63) is 0 Å². The van der Waals surface area contributed by atoms with Gasteiger partial charge in [0.05, 0.1) is 0 Å². The van der Waals surface area contributed by atoms with Crippen molar-refractivity contribution in [2.45, 2.75) is 285 Å². The lowest BCUT2D eigenvalue weighted by molar-refractivity contribution is -0.167. The van der Waals surface area contributed by atoms with E-state index in [1.807, 2.05) is 0 Å². The van der Waals surface area contributed by atoms with Gasteiger partial charge in [-0.3, -0.25) is 14.4 Å². The summed E-state index contributed by atoms with van der Waals surface area (Å²) >= 11 is 0. The molecule has 0 saturated heterocycles. The van der Waals surface area contributed by atoms with E-state index >= 15 is 0 Å². The molecule has 0 aromatic heterocycles. The zero-order valence-corrected chi connectivity index (χ0v) is 39.0. The molecule has 0 heterocycles. The minimum Gasteiger partial charge on any atom is -0.462 e. The van der Waals surface area contributed by atoms with Crippen molar-refractivity contribution in [2.75, 3.05) is 13.2 Å². The van der Waals surface area contributed by atoms with E-state index < -0.39 is 6.10 Å². The van der Waals surface area contributed by atoms with E-state index in [9.17, 15) is 14.4 Å². The molecule has 0 fully saturated rings. The van der Waals surface area contributed by atoms with Crippen molar-refractivity contribution in [3.63, 3.8) is 0 Å². The molecule has 6 nitrogen and oxygen atoms in total. The Morgan fingerprint density at radius 2 is 0.579 bits per heavy atom. The fourth-order valence-corrected chi connectivity index (χ4v) is 7.64. The normalized spacial score (nSPS) is 12.1. The van der Waals surface area contributed by atoms with Crippen LogP contribution in [0.2, 0.25) is 0 Å². The third-order valence-corrected chi connectivity index (χ3v) is 11.5. The second-order valence-corrected chi connectivity index (χ2v) is 18.4. The van der Waals surface area contributed by atoms with E-state index in [0.29, 0.717) is 19.3 Å². The van der Waals surface area contributed by atoms with Crippen LogP contribution in [0.3, 0.4) is 0 Å². The Kier molecular flexibility index (Phi) is 42.7. The van der Waals surface area contributed by atoms with E-state index in [4.69, 9.17) is 14.2 Å². The van der Waals surface area contributed by atoms with Gasteiger partial charge >= 0.3 is 17.9 Å². The average molecular weight is 807 g/mol. The fourth-order valence-electron chi connectivity index (χ4n) is 7.64. The first-order chi connectivity index (χ1) is 27.7. The van der Waals surface area contributed by atoms with Gasteiger partial charge in [0, 0.05) is 19.3 Å². The number of carbonyl (C=O) groups excluding carboxylic acids is 3. The number of esters is 3.